The van der Waals surface area contributed by atoms with Crippen LogP contribution in [-0.2, 0) is 12.8 Å². The lowest BCUT2D eigenvalue weighted by Gasteiger charge is -2.21. The van der Waals surface area contributed by atoms with E-state index in [0.29, 0.717) is 6.04 Å². The first-order chi connectivity index (χ1) is 8.81. The molecule has 1 fully saturated rings. The number of hydrogen-bond donors (Lipinski definition) is 1. The van der Waals surface area contributed by atoms with E-state index in [4.69, 9.17) is 4.98 Å². The third-order valence-electron chi connectivity index (χ3n) is 4.05. The second-order valence-electron chi connectivity index (χ2n) is 5.71. The number of rotatable bonds is 4. The van der Waals surface area contributed by atoms with Crippen LogP contribution < -0.4 is 5.32 Å². The van der Waals surface area contributed by atoms with Crippen LogP contribution >= 0.6 is 0 Å². The number of aromatic nitrogens is 1. The van der Waals surface area contributed by atoms with Gasteiger partial charge < -0.3 is 10.2 Å². The van der Waals surface area contributed by atoms with E-state index in [-0.39, 0.29) is 0 Å². The van der Waals surface area contributed by atoms with Crippen molar-refractivity contribution in [2.24, 2.45) is 0 Å². The number of anilines is 1. The Morgan fingerprint density at radius 3 is 2.89 bits per heavy atom. The van der Waals surface area contributed by atoms with Crippen molar-refractivity contribution in [1.82, 2.24) is 9.88 Å². The summed E-state index contributed by atoms with van der Waals surface area (Å²) in [5, 5.41) is 3.55. The number of pyridine rings is 1. The summed E-state index contributed by atoms with van der Waals surface area (Å²) in [5.41, 5.74) is 2.76. The molecule has 18 heavy (non-hydrogen) atoms. The zero-order valence-corrected chi connectivity index (χ0v) is 11.3. The Labute approximate surface area is 110 Å². The SMILES string of the molecule is CC(CN1CCCC1)Nc1ccc2c(n1)CCC2. The van der Waals surface area contributed by atoms with Gasteiger partial charge in [0.1, 0.15) is 5.82 Å². The molecule has 0 aromatic carbocycles. The van der Waals surface area contributed by atoms with Gasteiger partial charge in [-0.15, -0.1) is 0 Å². The van der Waals surface area contributed by atoms with Gasteiger partial charge in [-0.05, 0) is 63.7 Å². The minimum absolute atomic E-state index is 0.482. The van der Waals surface area contributed by atoms with Crippen LogP contribution in [0.4, 0.5) is 5.82 Å². The number of likely N-dealkylation sites (tertiary alicyclic amines) is 1. The molecular formula is C15H23N3. The van der Waals surface area contributed by atoms with E-state index in [1.165, 1.54) is 50.0 Å². The molecule has 1 saturated heterocycles. The molecule has 1 aromatic rings. The van der Waals surface area contributed by atoms with E-state index in [0.717, 1.165) is 18.8 Å². The molecule has 3 heteroatoms. The molecule has 2 aliphatic rings. The molecule has 0 amide bonds. The average Bonchev–Trinajstić information content (AvgIpc) is 2.98. The Morgan fingerprint density at radius 1 is 1.22 bits per heavy atom. The van der Waals surface area contributed by atoms with Gasteiger partial charge >= 0.3 is 0 Å². The highest BCUT2D eigenvalue weighted by molar-refractivity contribution is 5.41. The quantitative estimate of drug-likeness (QED) is 0.883. The van der Waals surface area contributed by atoms with Gasteiger partial charge in [0, 0.05) is 18.3 Å². The third-order valence-corrected chi connectivity index (χ3v) is 4.05. The zero-order chi connectivity index (χ0) is 12.4. The number of fused-ring (bicyclic) bond motifs is 1. The molecule has 0 radical (unpaired) electrons. The van der Waals surface area contributed by atoms with Crippen molar-refractivity contribution in [3.63, 3.8) is 0 Å². The highest BCUT2D eigenvalue weighted by Crippen LogP contribution is 2.22. The largest absolute Gasteiger partial charge is 0.366 e. The maximum absolute atomic E-state index is 4.74. The Morgan fingerprint density at radius 2 is 2.06 bits per heavy atom. The predicted octanol–water partition coefficient (Wildman–Crippen LogP) is 2.47. The third kappa shape index (κ3) is 2.66. The van der Waals surface area contributed by atoms with Gasteiger partial charge in [0.2, 0.25) is 0 Å². The average molecular weight is 245 g/mol. The number of aryl methyl sites for hydroxylation is 2. The lowest BCUT2D eigenvalue weighted by molar-refractivity contribution is 0.327. The highest BCUT2D eigenvalue weighted by Gasteiger charge is 2.16. The second-order valence-corrected chi connectivity index (χ2v) is 5.71. The molecule has 3 rings (SSSR count). The Bertz CT molecular complexity index is 410. The predicted molar refractivity (Wildman–Crippen MR) is 75.0 cm³/mol. The van der Waals surface area contributed by atoms with Crippen LogP contribution in [0.3, 0.4) is 0 Å². The fourth-order valence-electron chi connectivity index (χ4n) is 3.15. The first-order valence-corrected chi connectivity index (χ1v) is 7.29. The summed E-state index contributed by atoms with van der Waals surface area (Å²) in [5.74, 6) is 1.06. The van der Waals surface area contributed by atoms with Gasteiger partial charge in [0.25, 0.3) is 0 Å². The molecule has 0 bridgehead atoms. The van der Waals surface area contributed by atoms with Gasteiger partial charge in [0.15, 0.2) is 0 Å². The van der Waals surface area contributed by atoms with Crippen molar-refractivity contribution in [1.29, 1.82) is 0 Å². The second kappa shape index (κ2) is 5.27. The summed E-state index contributed by atoms with van der Waals surface area (Å²) < 4.78 is 0. The summed E-state index contributed by atoms with van der Waals surface area (Å²) in [6.07, 6.45) is 6.38. The summed E-state index contributed by atoms with van der Waals surface area (Å²) in [4.78, 5) is 7.28. The molecule has 3 nitrogen and oxygen atoms in total. The normalized spacial score (nSPS) is 20.9. The summed E-state index contributed by atoms with van der Waals surface area (Å²) in [7, 11) is 0. The van der Waals surface area contributed by atoms with Gasteiger partial charge in [-0.1, -0.05) is 6.07 Å². The molecule has 0 spiro atoms. The van der Waals surface area contributed by atoms with Crippen molar-refractivity contribution >= 4 is 5.82 Å². The van der Waals surface area contributed by atoms with Crippen molar-refractivity contribution in [2.75, 3.05) is 25.0 Å². The van der Waals surface area contributed by atoms with Crippen LogP contribution in [0.5, 0.6) is 0 Å². The summed E-state index contributed by atoms with van der Waals surface area (Å²) in [6, 6.07) is 4.88. The Hall–Kier alpha value is -1.09. The molecule has 0 saturated carbocycles. The molecule has 1 aliphatic carbocycles. The fourth-order valence-corrected chi connectivity index (χ4v) is 3.15. The summed E-state index contributed by atoms with van der Waals surface area (Å²) >= 11 is 0. The molecule has 1 aromatic heterocycles. The lowest BCUT2D eigenvalue weighted by Crippen LogP contribution is -2.33. The van der Waals surface area contributed by atoms with Gasteiger partial charge in [0.05, 0.1) is 0 Å². The number of nitrogens with one attached hydrogen (secondary N) is 1. The topological polar surface area (TPSA) is 28.2 Å². The van der Waals surface area contributed by atoms with Crippen molar-refractivity contribution < 1.29 is 0 Å². The van der Waals surface area contributed by atoms with E-state index in [9.17, 15) is 0 Å². The van der Waals surface area contributed by atoms with Crippen LogP contribution in [0.1, 0.15) is 37.4 Å². The first kappa shape index (κ1) is 12.0. The standard InChI is InChI=1S/C15H23N3/c1-12(11-18-9-2-3-10-18)16-15-8-7-13-5-4-6-14(13)17-15/h7-8,12H,2-6,9-11H2,1H3,(H,16,17). The van der Waals surface area contributed by atoms with E-state index in [1.807, 2.05) is 0 Å². The van der Waals surface area contributed by atoms with E-state index < -0.39 is 0 Å². The smallest absolute Gasteiger partial charge is 0.126 e. The molecule has 1 aliphatic heterocycles. The minimum atomic E-state index is 0.482. The molecule has 2 heterocycles. The van der Waals surface area contributed by atoms with Crippen molar-refractivity contribution in [2.45, 2.75) is 45.1 Å². The van der Waals surface area contributed by atoms with Crippen LogP contribution in [0.2, 0.25) is 0 Å². The van der Waals surface area contributed by atoms with Gasteiger partial charge in [-0.25, -0.2) is 4.98 Å². The molecule has 1 N–H and O–H groups in total. The van der Waals surface area contributed by atoms with E-state index in [2.05, 4.69) is 29.3 Å². The fraction of sp³-hybridized carbons (Fsp3) is 0.667. The number of nitrogens with zero attached hydrogens (tertiary/aromatic N) is 2. The minimum Gasteiger partial charge on any atom is -0.366 e. The van der Waals surface area contributed by atoms with E-state index >= 15 is 0 Å². The van der Waals surface area contributed by atoms with Crippen LogP contribution in [0.25, 0.3) is 0 Å². The number of hydrogen-bond acceptors (Lipinski definition) is 3. The van der Waals surface area contributed by atoms with Gasteiger partial charge in [-0.3, -0.25) is 0 Å². The Kier molecular flexibility index (Phi) is 3.50. The first-order valence-electron chi connectivity index (χ1n) is 7.29. The molecule has 1 atom stereocenters. The van der Waals surface area contributed by atoms with Gasteiger partial charge in [-0.2, -0.15) is 0 Å². The van der Waals surface area contributed by atoms with Crippen molar-refractivity contribution in [3.8, 4) is 0 Å². The van der Waals surface area contributed by atoms with E-state index in [1.54, 1.807) is 0 Å². The maximum atomic E-state index is 4.74. The van der Waals surface area contributed by atoms with Crippen LogP contribution in [0.15, 0.2) is 12.1 Å². The molecular weight excluding hydrogens is 222 g/mol. The maximum Gasteiger partial charge on any atom is 0.126 e. The highest BCUT2D eigenvalue weighted by atomic mass is 15.2. The van der Waals surface area contributed by atoms with Crippen molar-refractivity contribution in [3.05, 3.63) is 23.4 Å². The molecule has 98 valence electrons. The molecule has 1 unspecified atom stereocenters. The van der Waals surface area contributed by atoms with Crippen LogP contribution in [0, 0.1) is 0 Å². The van der Waals surface area contributed by atoms with Crippen LogP contribution in [-0.4, -0.2) is 35.6 Å². The lowest BCUT2D eigenvalue weighted by atomic mass is 10.2. The zero-order valence-electron chi connectivity index (χ0n) is 11.3. The Balaban J connectivity index is 1.58. The summed E-state index contributed by atoms with van der Waals surface area (Å²) in [6.45, 7) is 5.93. The monoisotopic (exact) mass is 245 g/mol.